The standard InChI is InChI=1S/C34H44ClFN6O2.C2H6/c1-3-9-29-31(16-6-11-25-10-4-5-15-30(25)35)38-34(44-23-28-14-8-19-41(28)26-12-7-13-26)39-32(29)40-20-21-42(33(43)24(2)36)27(22-40)17-18-37;1-2/h4-5,10,15,26-28H,2-3,6-9,11-14,16-17,19-23H2,1H3;1-2H3. The molecule has 2 aliphatic heterocycles. The second-order valence-electron chi connectivity index (χ2n) is 12.2. The molecule has 46 heavy (non-hydrogen) atoms. The second kappa shape index (κ2) is 17.6. The highest BCUT2D eigenvalue weighted by Crippen LogP contribution is 2.33. The van der Waals surface area contributed by atoms with Crippen molar-refractivity contribution in [3.63, 3.8) is 0 Å². The van der Waals surface area contributed by atoms with E-state index in [0.29, 0.717) is 37.8 Å². The predicted molar refractivity (Wildman–Crippen MR) is 182 cm³/mol. The number of piperazine rings is 1. The van der Waals surface area contributed by atoms with Crippen molar-refractivity contribution in [3.05, 3.63) is 58.5 Å². The van der Waals surface area contributed by atoms with E-state index in [1.54, 1.807) is 0 Å². The van der Waals surface area contributed by atoms with E-state index < -0.39 is 17.8 Å². The molecule has 2 unspecified atom stereocenters. The van der Waals surface area contributed by atoms with Crippen LogP contribution in [0.15, 0.2) is 36.7 Å². The Labute approximate surface area is 279 Å². The quantitative estimate of drug-likeness (QED) is 0.214. The minimum atomic E-state index is -1.01. The van der Waals surface area contributed by atoms with Crippen LogP contribution in [0.5, 0.6) is 6.01 Å². The molecule has 0 N–H and O–H groups in total. The number of carbonyl (C=O) groups is 1. The summed E-state index contributed by atoms with van der Waals surface area (Å²) in [6.45, 7) is 12.1. The van der Waals surface area contributed by atoms with E-state index in [2.05, 4.69) is 35.4 Å². The summed E-state index contributed by atoms with van der Waals surface area (Å²) in [5.74, 6) is -0.964. The van der Waals surface area contributed by atoms with E-state index in [1.165, 1.54) is 30.6 Å². The summed E-state index contributed by atoms with van der Waals surface area (Å²) in [5, 5.41) is 10.3. The van der Waals surface area contributed by atoms with Gasteiger partial charge in [-0.15, -0.1) is 0 Å². The third-order valence-electron chi connectivity index (χ3n) is 9.34. The van der Waals surface area contributed by atoms with Crippen LogP contribution in [0.1, 0.15) is 89.0 Å². The monoisotopic (exact) mass is 652 g/mol. The maximum absolute atomic E-state index is 13.8. The zero-order chi connectivity index (χ0) is 33.1. The third kappa shape index (κ3) is 8.77. The number of amides is 1. The molecule has 2 saturated heterocycles. The summed E-state index contributed by atoms with van der Waals surface area (Å²) < 4.78 is 20.2. The highest BCUT2D eigenvalue weighted by molar-refractivity contribution is 6.31. The average molecular weight is 653 g/mol. The zero-order valence-electron chi connectivity index (χ0n) is 27.8. The Kier molecular flexibility index (Phi) is 13.7. The fourth-order valence-corrected chi connectivity index (χ4v) is 7.07. The van der Waals surface area contributed by atoms with Crippen LogP contribution in [0, 0.1) is 11.3 Å². The molecule has 10 heteroatoms. The van der Waals surface area contributed by atoms with Gasteiger partial charge in [-0.25, -0.2) is 4.39 Å². The largest absolute Gasteiger partial charge is 0.462 e. The van der Waals surface area contributed by atoms with Gasteiger partial charge < -0.3 is 14.5 Å². The smallest absolute Gasteiger partial charge is 0.318 e. The molecule has 5 rings (SSSR count). The number of aromatic nitrogens is 2. The van der Waals surface area contributed by atoms with Crippen molar-refractivity contribution >= 4 is 23.3 Å². The Morgan fingerprint density at radius 1 is 1.09 bits per heavy atom. The van der Waals surface area contributed by atoms with Gasteiger partial charge in [0.2, 0.25) is 0 Å². The fourth-order valence-electron chi connectivity index (χ4n) is 6.84. The van der Waals surface area contributed by atoms with Crippen LogP contribution in [0.25, 0.3) is 0 Å². The Morgan fingerprint density at radius 3 is 2.54 bits per heavy atom. The number of carbonyl (C=O) groups excluding carboxylic acids is 1. The van der Waals surface area contributed by atoms with Crippen LogP contribution in [0.4, 0.5) is 10.2 Å². The molecule has 3 heterocycles. The Morgan fingerprint density at radius 2 is 1.87 bits per heavy atom. The summed E-state index contributed by atoms with van der Waals surface area (Å²) in [7, 11) is 0. The van der Waals surface area contributed by atoms with Crippen LogP contribution in [-0.4, -0.2) is 76.6 Å². The van der Waals surface area contributed by atoms with Gasteiger partial charge in [0, 0.05) is 42.3 Å². The Hall–Kier alpha value is -3.22. The molecule has 0 radical (unpaired) electrons. The first-order valence-corrected chi connectivity index (χ1v) is 17.6. The number of nitrogens with zero attached hydrogens (tertiary/aromatic N) is 6. The van der Waals surface area contributed by atoms with E-state index in [9.17, 15) is 14.4 Å². The molecule has 1 aromatic heterocycles. The lowest BCUT2D eigenvalue weighted by molar-refractivity contribution is -0.131. The summed E-state index contributed by atoms with van der Waals surface area (Å²) in [6, 6.07) is 11.1. The number of rotatable bonds is 13. The molecule has 0 bridgehead atoms. The number of anilines is 1. The van der Waals surface area contributed by atoms with Crippen LogP contribution in [-0.2, 0) is 24.1 Å². The van der Waals surface area contributed by atoms with Gasteiger partial charge in [-0.05, 0) is 69.5 Å². The molecule has 1 saturated carbocycles. The van der Waals surface area contributed by atoms with Gasteiger partial charge in [-0.3, -0.25) is 9.69 Å². The molecule has 250 valence electrons. The van der Waals surface area contributed by atoms with Crippen LogP contribution < -0.4 is 9.64 Å². The first-order valence-electron chi connectivity index (χ1n) is 17.2. The van der Waals surface area contributed by atoms with Crippen molar-refractivity contribution in [2.75, 3.05) is 37.7 Å². The number of ether oxygens (including phenoxy) is 1. The summed E-state index contributed by atoms with van der Waals surface area (Å²) in [5.41, 5.74) is 3.15. The summed E-state index contributed by atoms with van der Waals surface area (Å²) in [4.78, 5) is 28.7. The maximum Gasteiger partial charge on any atom is 0.318 e. The summed E-state index contributed by atoms with van der Waals surface area (Å²) in [6.07, 6.45) is 10.4. The number of halogens is 2. The molecule has 1 amide bonds. The highest BCUT2D eigenvalue weighted by Gasteiger charge is 2.36. The number of aryl methyl sites for hydroxylation is 2. The molecule has 8 nitrogen and oxygen atoms in total. The fraction of sp³-hybridized carbons (Fsp3) is 0.611. The Bertz CT molecular complexity index is 1360. The minimum absolute atomic E-state index is 0.0937. The lowest BCUT2D eigenvalue weighted by Gasteiger charge is -2.41. The molecule has 3 fully saturated rings. The van der Waals surface area contributed by atoms with Crippen LogP contribution in [0.2, 0.25) is 5.02 Å². The van der Waals surface area contributed by atoms with Gasteiger partial charge in [-0.1, -0.05) is 70.0 Å². The second-order valence-corrected chi connectivity index (χ2v) is 12.7. The van der Waals surface area contributed by atoms with E-state index >= 15 is 0 Å². The van der Waals surface area contributed by atoms with Gasteiger partial charge in [0.1, 0.15) is 12.4 Å². The maximum atomic E-state index is 13.8. The highest BCUT2D eigenvalue weighted by atomic mass is 35.5. The molecule has 1 aromatic carbocycles. The summed E-state index contributed by atoms with van der Waals surface area (Å²) >= 11 is 6.45. The van der Waals surface area contributed by atoms with Crippen molar-refractivity contribution < 1.29 is 13.9 Å². The molecule has 3 aliphatic rings. The first kappa shape index (κ1) is 35.6. The van der Waals surface area contributed by atoms with Gasteiger partial charge in [0.15, 0.2) is 5.83 Å². The van der Waals surface area contributed by atoms with Gasteiger partial charge in [0.05, 0.1) is 24.2 Å². The first-order chi connectivity index (χ1) is 22.4. The van der Waals surface area contributed by atoms with Crippen molar-refractivity contribution in [2.24, 2.45) is 0 Å². The van der Waals surface area contributed by atoms with Crippen molar-refractivity contribution in [1.29, 1.82) is 5.26 Å². The Balaban J connectivity index is 0.00000235. The molecular weight excluding hydrogens is 603 g/mol. The normalized spacial score (nSPS) is 20.0. The topological polar surface area (TPSA) is 85.6 Å². The number of hydrogen-bond acceptors (Lipinski definition) is 7. The minimum Gasteiger partial charge on any atom is -0.462 e. The van der Waals surface area contributed by atoms with E-state index in [4.69, 9.17) is 26.3 Å². The van der Waals surface area contributed by atoms with E-state index in [0.717, 1.165) is 72.7 Å². The van der Waals surface area contributed by atoms with Gasteiger partial charge in [-0.2, -0.15) is 15.2 Å². The lowest BCUT2D eigenvalue weighted by Crippen LogP contribution is -2.55. The van der Waals surface area contributed by atoms with Crippen molar-refractivity contribution in [2.45, 2.75) is 110 Å². The number of hydrogen-bond donors (Lipinski definition) is 0. The van der Waals surface area contributed by atoms with Crippen LogP contribution >= 0.6 is 11.6 Å². The van der Waals surface area contributed by atoms with Crippen molar-refractivity contribution in [1.82, 2.24) is 19.8 Å². The zero-order valence-corrected chi connectivity index (χ0v) is 28.6. The molecule has 1 aliphatic carbocycles. The predicted octanol–water partition coefficient (Wildman–Crippen LogP) is 7.09. The van der Waals surface area contributed by atoms with E-state index in [-0.39, 0.29) is 13.0 Å². The third-order valence-corrected chi connectivity index (χ3v) is 9.71. The van der Waals surface area contributed by atoms with Crippen molar-refractivity contribution in [3.8, 4) is 12.1 Å². The number of nitriles is 1. The van der Waals surface area contributed by atoms with Gasteiger partial charge >= 0.3 is 6.01 Å². The molecule has 2 atom stereocenters. The van der Waals surface area contributed by atoms with Crippen LogP contribution in [0.3, 0.4) is 0 Å². The number of likely N-dealkylation sites (tertiary alicyclic amines) is 1. The lowest BCUT2D eigenvalue weighted by atomic mass is 9.91. The molecule has 2 aromatic rings. The molecule has 0 spiro atoms. The average Bonchev–Trinajstić information content (AvgIpc) is 3.49. The van der Waals surface area contributed by atoms with Gasteiger partial charge in [0.25, 0.3) is 5.91 Å². The number of benzene rings is 1. The SMILES string of the molecule is C=C(F)C(=O)N1CCN(c2nc(OCC3CCCN3C3CCC3)nc(CCCc3ccccc3Cl)c2CCC)CC1CC#N.CC. The van der Waals surface area contributed by atoms with E-state index in [1.807, 2.05) is 32.0 Å². The molecular formula is C36H50ClFN6O2.